The standard InChI is InChI=1S/C18H16O4/c1-12-8-18(20)22-17-9-15(6-7-16(12)17)21-11-14-4-2-13(10-19)3-5-14/h2-9,19H,10-11H2,1H3. The fourth-order valence-electron chi connectivity index (χ4n) is 2.30. The first kappa shape index (κ1) is 14.4. The Bertz CT molecular complexity index is 847. The second kappa shape index (κ2) is 6.03. The van der Waals surface area contributed by atoms with Crippen LogP contribution in [0, 0.1) is 6.92 Å². The molecule has 4 nitrogen and oxygen atoms in total. The lowest BCUT2D eigenvalue weighted by Gasteiger charge is -2.08. The van der Waals surface area contributed by atoms with E-state index in [1.54, 1.807) is 6.07 Å². The Balaban J connectivity index is 1.80. The number of ether oxygens (including phenoxy) is 1. The Hall–Kier alpha value is -2.59. The quantitative estimate of drug-likeness (QED) is 0.751. The van der Waals surface area contributed by atoms with Gasteiger partial charge in [-0.25, -0.2) is 4.79 Å². The lowest BCUT2D eigenvalue weighted by molar-refractivity contribution is 0.281. The minimum Gasteiger partial charge on any atom is -0.489 e. The average molecular weight is 296 g/mol. The van der Waals surface area contributed by atoms with Crippen LogP contribution in [0.2, 0.25) is 0 Å². The van der Waals surface area contributed by atoms with Gasteiger partial charge in [0, 0.05) is 17.5 Å². The second-order valence-corrected chi connectivity index (χ2v) is 5.17. The second-order valence-electron chi connectivity index (χ2n) is 5.17. The predicted octanol–water partition coefficient (Wildman–Crippen LogP) is 3.17. The van der Waals surface area contributed by atoms with Gasteiger partial charge in [0.1, 0.15) is 17.9 Å². The molecule has 0 fully saturated rings. The third-order valence-electron chi connectivity index (χ3n) is 3.53. The van der Waals surface area contributed by atoms with Gasteiger partial charge in [-0.1, -0.05) is 24.3 Å². The van der Waals surface area contributed by atoms with Gasteiger partial charge in [-0.05, 0) is 35.7 Å². The molecule has 0 spiro atoms. The molecule has 1 heterocycles. The monoisotopic (exact) mass is 296 g/mol. The minimum absolute atomic E-state index is 0.0319. The highest BCUT2D eigenvalue weighted by Crippen LogP contribution is 2.23. The van der Waals surface area contributed by atoms with E-state index in [2.05, 4.69) is 0 Å². The van der Waals surface area contributed by atoms with Crippen molar-refractivity contribution in [1.29, 1.82) is 0 Å². The molecule has 1 N–H and O–H groups in total. The van der Waals surface area contributed by atoms with Crippen LogP contribution >= 0.6 is 0 Å². The molecular formula is C18H16O4. The van der Waals surface area contributed by atoms with E-state index in [1.807, 2.05) is 43.3 Å². The fourth-order valence-corrected chi connectivity index (χ4v) is 2.30. The maximum absolute atomic E-state index is 11.4. The van der Waals surface area contributed by atoms with Gasteiger partial charge < -0.3 is 14.3 Å². The van der Waals surface area contributed by atoms with Crippen molar-refractivity contribution in [1.82, 2.24) is 0 Å². The molecule has 0 unspecified atom stereocenters. The molecule has 0 radical (unpaired) electrons. The number of hydrogen-bond acceptors (Lipinski definition) is 4. The van der Waals surface area contributed by atoms with E-state index in [0.717, 1.165) is 22.1 Å². The highest BCUT2D eigenvalue weighted by Gasteiger charge is 2.04. The van der Waals surface area contributed by atoms with E-state index in [9.17, 15) is 4.79 Å². The van der Waals surface area contributed by atoms with Gasteiger partial charge >= 0.3 is 5.63 Å². The van der Waals surface area contributed by atoms with E-state index in [-0.39, 0.29) is 12.2 Å². The summed E-state index contributed by atoms with van der Waals surface area (Å²) >= 11 is 0. The normalized spacial score (nSPS) is 10.8. The molecule has 4 heteroatoms. The van der Waals surface area contributed by atoms with Crippen LogP contribution in [0.5, 0.6) is 5.75 Å². The molecule has 0 aliphatic rings. The van der Waals surface area contributed by atoms with Crippen molar-refractivity contribution in [3.8, 4) is 5.75 Å². The first-order chi connectivity index (χ1) is 10.7. The summed E-state index contributed by atoms with van der Waals surface area (Å²) in [6.07, 6.45) is 0. The third-order valence-corrected chi connectivity index (χ3v) is 3.53. The number of hydrogen-bond donors (Lipinski definition) is 1. The molecule has 0 aliphatic carbocycles. The molecule has 22 heavy (non-hydrogen) atoms. The molecule has 1 aromatic heterocycles. The molecule has 0 aliphatic heterocycles. The van der Waals surface area contributed by atoms with Crippen molar-refractivity contribution in [3.05, 3.63) is 75.6 Å². The number of benzene rings is 2. The summed E-state index contributed by atoms with van der Waals surface area (Å²) in [6, 6.07) is 14.5. The number of aliphatic hydroxyl groups excluding tert-OH is 1. The number of rotatable bonds is 4. The van der Waals surface area contributed by atoms with Crippen molar-refractivity contribution >= 4 is 11.0 Å². The van der Waals surface area contributed by atoms with Crippen LogP contribution in [-0.2, 0) is 13.2 Å². The van der Waals surface area contributed by atoms with E-state index in [4.69, 9.17) is 14.3 Å². The highest BCUT2D eigenvalue weighted by molar-refractivity contribution is 5.81. The van der Waals surface area contributed by atoms with Gasteiger partial charge in [-0.15, -0.1) is 0 Å². The van der Waals surface area contributed by atoms with Crippen LogP contribution in [0.25, 0.3) is 11.0 Å². The van der Waals surface area contributed by atoms with Crippen molar-refractivity contribution in [2.75, 3.05) is 0 Å². The maximum atomic E-state index is 11.4. The summed E-state index contributed by atoms with van der Waals surface area (Å²) in [5, 5.41) is 9.92. The zero-order chi connectivity index (χ0) is 15.5. The zero-order valence-corrected chi connectivity index (χ0v) is 12.2. The molecule has 0 atom stereocenters. The Labute approximate surface area is 127 Å². The molecule has 112 valence electrons. The van der Waals surface area contributed by atoms with E-state index < -0.39 is 0 Å². The lowest BCUT2D eigenvalue weighted by atomic mass is 10.1. The molecule has 0 amide bonds. The van der Waals surface area contributed by atoms with Gasteiger partial charge in [0.05, 0.1) is 6.61 Å². The number of aliphatic hydroxyl groups is 1. The van der Waals surface area contributed by atoms with E-state index in [1.165, 1.54) is 6.07 Å². The minimum atomic E-state index is -0.359. The van der Waals surface area contributed by atoms with Crippen LogP contribution in [0.15, 0.2) is 57.7 Å². The van der Waals surface area contributed by atoms with Crippen molar-refractivity contribution in [3.63, 3.8) is 0 Å². The van der Waals surface area contributed by atoms with Crippen molar-refractivity contribution < 1.29 is 14.3 Å². The summed E-state index contributed by atoms with van der Waals surface area (Å²) in [5.41, 5.74) is 2.92. The van der Waals surface area contributed by atoms with Crippen LogP contribution in [0.1, 0.15) is 16.7 Å². The summed E-state index contributed by atoms with van der Waals surface area (Å²) < 4.78 is 10.9. The fraction of sp³-hybridized carbons (Fsp3) is 0.167. The molecular weight excluding hydrogens is 280 g/mol. The molecule has 3 aromatic rings. The topological polar surface area (TPSA) is 59.7 Å². The smallest absolute Gasteiger partial charge is 0.336 e. The maximum Gasteiger partial charge on any atom is 0.336 e. The van der Waals surface area contributed by atoms with Crippen LogP contribution < -0.4 is 10.4 Å². The molecule has 0 saturated carbocycles. The number of fused-ring (bicyclic) bond motifs is 1. The summed E-state index contributed by atoms with van der Waals surface area (Å²) in [5.74, 6) is 0.646. The largest absolute Gasteiger partial charge is 0.489 e. The molecule has 0 saturated heterocycles. The lowest BCUT2D eigenvalue weighted by Crippen LogP contribution is -1.99. The van der Waals surface area contributed by atoms with Crippen molar-refractivity contribution in [2.24, 2.45) is 0 Å². The van der Waals surface area contributed by atoms with Gasteiger partial charge in [0.2, 0.25) is 0 Å². The Morgan fingerprint density at radius 2 is 1.77 bits per heavy atom. The van der Waals surface area contributed by atoms with Gasteiger partial charge in [0.15, 0.2) is 0 Å². The summed E-state index contributed by atoms with van der Waals surface area (Å²) in [7, 11) is 0. The average Bonchev–Trinajstić information content (AvgIpc) is 2.53. The molecule has 3 rings (SSSR count). The molecule has 2 aromatic carbocycles. The molecule has 0 bridgehead atoms. The van der Waals surface area contributed by atoms with Crippen LogP contribution in [0.3, 0.4) is 0 Å². The van der Waals surface area contributed by atoms with Gasteiger partial charge in [-0.2, -0.15) is 0 Å². The summed E-state index contributed by atoms with van der Waals surface area (Å²) in [4.78, 5) is 11.4. The number of aryl methyl sites for hydroxylation is 1. The van der Waals surface area contributed by atoms with E-state index in [0.29, 0.717) is 17.9 Å². The third kappa shape index (κ3) is 3.02. The first-order valence-electron chi connectivity index (χ1n) is 7.02. The SMILES string of the molecule is Cc1cc(=O)oc2cc(OCc3ccc(CO)cc3)ccc12. The first-order valence-corrected chi connectivity index (χ1v) is 7.02. The highest BCUT2D eigenvalue weighted by atomic mass is 16.5. The summed E-state index contributed by atoms with van der Waals surface area (Å²) in [6.45, 7) is 2.32. The Morgan fingerprint density at radius 1 is 1.05 bits per heavy atom. The zero-order valence-electron chi connectivity index (χ0n) is 12.2. The van der Waals surface area contributed by atoms with Gasteiger partial charge in [-0.3, -0.25) is 0 Å². The van der Waals surface area contributed by atoms with Gasteiger partial charge in [0.25, 0.3) is 0 Å². The Kier molecular flexibility index (Phi) is 3.94. The van der Waals surface area contributed by atoms with E-state index >= 15 is 0 Å². The predicted molar refractivity (Wildman–Crippen MR) is 83.9 cm³/mol. The van der Waals surface area contributed by atoms with Crippen LogP contribution in [0.4, 0.5) is 0 Å². The Morgan fingerprint density at radius 3 is 2.50 bits per heavy atom. The van der Waals surface area contributed by atoms with Crippen molar-refractivity contribution in [2.45, 2.75) is 20.1 Å². The van der Waals surface area contributed by atoms with Crippen LogP contribution in [-0.4, -0.2) is 5.11 Å².